The molecule has 10 heteroatoms. The van der Waals surface area contributed by atoms with E-state index in [4.69, 9.17) is 4.74 Å². The summed E-state index contributed by atoms with van der Waals surface area (Å²) in [6.07, 6.45) is 4.38. The van der Waals surface area contributed by atoms with Crippen LogP contribution in [0.2, 0.25) is 0 Å². The Balaban J connectivity index is 1.77. The second kappa shape index (κ2) is 7.73. The van der Waals surface area contributed by atoms with Crippen LogP contribution in [0.4, 0.5) is 5.13 Å². The van der Waals surface area contributed by atoms with Crippen LogP contribution in [0, 0.1) is 0 Å². The Kier molecular flexibility index (Phi) is 5.21. The van der Waals surface area contributed by atoms with Crippen LogP contribution in [-0.4, -0.2) is 31.5 Å². The van der Waals surface area contributed by atoms with E-state index in [0.29, 0.717) is 4.21 Å². The number of thiazole rings is 1. The topological polar surface area (TPSA) is 111 Å². The number of nitrogens with one attached hydrogen (secondary N) is 1. The van der Waals surface area contributed by atoms with Gasteiger partial charge in [-0.2, -0.15) is 0 Å². The van der Waals surface area contributed by atoms with Crippen molar-refractivity contribution >= 4 is 39.6 Å². The molecule has 0 saturated carbocycles. The van der Waals surface area contributed by atoms with Gasteiger partial charge in [0.1, 0.15) is 20.8 Å². The van der Waals surface area contributed by atoms with Gasteiger partial charge in [0, 0.05) is 12.4 Å². The number of hydrogen-bond acceptors (Lipinski definition) is 8. The lowest BCUT2D eigenvalue weighted by Crippen LogP contribution is -2.13. The molecule has 0 aliphatic rings. The molecule has 25 heavy (non-hydrogen) atoms. The van der Waals surface area contributed by atoms with Gasteiger partial charge in [-0.05, 0) is 18.2 Å². The molecule has 0 aliphatic heterocycles. The van der Waals surface area contributed by atoms with Crippen LogP contribution < -0.4 is 10.1 Å². The standard InChI is InChI=1S/C15H10N4O4S2/c20-9-23-11-5-2-1-4-10(11)13(21)19-14-18-8-12(24-14)25(22)15-16-6-3-7-17-15/h1-9H,(H,18,19,21). The first-order valence-corrected chi connectivity index (χ1v) is 8.81. The van der Waals surface area contributed by atoms with E-state index in [9.17, 15) is 13.8 Å². The monoisotopic (exact) mass is 374 g/mol. The molecule has 0 aliphatic carbocycles. The zero-order valence-corrected chi connectivity index (χ0v) is 14.1. The van der Waals surface area contributed by atoms with Gasteiger partial charge in [0.05, 0.1) is 11.8 Å². The summed E-state index contributed by atoms with van der Waals surface area (Å²) in [5.74, 6) is -0.367. The molecule has 0 radical (unpaired) electrons. The van der Waals surface area contributed by atoms with E-state index in [1.807, 2.05) is 0 Å². The van der Waals surface area contributed by atoms with Crippen molar-refractivity contribution < 1.29 is 18.5 Å². The van der Waals surface area contributed by atoms with Gasteiger partial charge in [-0.25, -0.2) is 19.2 Å². The number of rotatable bonds is 6. The molecule has 0 bridgehead atoms. The number of aromatic nitrogens is 3. The minimum atomic E-state index is -1.58. The molecule has 1 amide bonds. The summed E-state index contributed by atoms with van der Waals surface area (Å²) in [7, 11) is -1.58. The lowest BCUT2D eigenvalue weighted by molar-refractivity contribution is -0.120. The number of benzene rings is 1. The zero-order valence-electron chi connectivity index (χ0n) is 12.5. The van der Waals surface area contributed by atoms with Gasteiger partial charge in [0.2, 0.25) is 5.16 Å². The summed E-state index contributed by atoms with van der Waals surface area (Å²) in [6.45, 7) is 0.247. The number of anilines is 1. The van der Waals surface area contributed by atoms with E-state index in [1.54, 1.807) is 18.2 Å². The first-order valence-electron chi connectivity index (χ1n) is 6.84. The van der Waals surface area contributed by atoms with Gasteiger partial charge in [-0.15, -0.1) is 0 Å². The molecule has 0 spiro atoms. The van der Waals surface area contributed by atoms with Gasteiger partial charge in [-0.3, -0.25) is 14.9 Å². The van der Waals surface area contributed by atoms with Gasteiger partial charge in [-0.1, -0.05) is 23.5 Å². The number of carbonyl (C=O) groups excluding carboxylic acids is 2. The number of hydrogen-bond donors (Lipinski definition) is 1. The molecule has 8 nitrogen and oxygen atoms in total. The summed E-state index contributed by atoms with van der Waals surface area (Å²) < 4.78 is 17.5. The summed E-state index contributed by atoms with van der Waals surface area (Å²) in [4.78, 5) is 34.7. The lowest BCUT2D eigenvalue weighted by Gasteiger charge is -2.06. The number of amides is 1. The molecule has 0 fully saturated rings. The predicted octanol–water partition coefficient (Wildman–Crippen LogP) is 1.89. The molecule has 3 rings (SSSR count). The second-order valence-electron chi connectivity index (χ2n) is 4.45. The van der Waals surface area contributed by atoms with Crippen molar-refractivity contribution in [2.24, 2.45) is 0 Å². The quantitative estimate of drug-likeness (QED) is 0.518. The van der Waals surface area contributed by atoms with Gasteiger partial charge < -0.3 is 4.74 Å². The predicted molar refractivity (Wildman–Crippen MR) is 89.9 cm³/mol. The minimum absolute atomic E-state index is 0.132. The normalized spacial score (nSPS) is 11.5. The average Bonchev–Trinajstić information content (AvgIpc) is 3.11. The summed E-state index contributed by atoms with van der Waals surface area (Å²) in [5, 5.41) is 3.00. The third-order valence-corrected chi connectivity index (χ3v) is 5.33. The smallest absolute Gasteiger partial charge is 0.298 e. The highest BCUT2D eigenvalue weighted by molar-refractivity contribution is 7.87. The molecule has 0 saturated heterocycles. The van der Waals surface area contributed by atoms with Crippen LogP contribution in [0.25, 0.3) is 0 Å². The highest BCUT2D eigenvalue weighted by atomic mass is 32.2. The molecule has 1 atom stereocenters. The Morgan fingerprint density at radius 2 is 1.92 bits per heavy atom. The molecule has 2 heterocycles. The van der Waals surface area contributed by atoms with Crippen molar-refractivity contribution in [2.45, 2.75) is 9.37 Å². The minimum Gasteiger partial charge on any atom is -0.428 e. The van der Waals surface area contributed by atoms with Crippen molar-refractivity contribution in [3.8, 4) is 5.75 Å². The first-order chi connectivity index (χ1) is 12.2. The maximum Gasteiger partial charge on any atom is 0.298 e. The van der Waals surface area contributed by atoms with Gasteiger partial charge in [0.15, 0.2) is 5.13 Å². The van der Waals surface area contributed by atoms with E-state index < -0.39 is 16.7 Å². The number of nitrogens with zero attached hydrogens (tertiary/aromatic N) is 3. The highest BCUT2D eigenvalue weighted by Gasteiger charge is 2.17. The van der Waals surface area contributed by atoms with Crippen molar-refractivity contribution in [3.63, 3.8) is 0 Å². The second-order valence-corrected chi connectivity index (χ2v) is 7.08. The van der Waals surface area contributed by atoms with E-state index >= 15 is 0 Å². The molecule has 3 aromatic rings. The van der Waals surface area contributed by atoms with E-state index in [0.717, 1.165) is 11.3 Å². The largest absolute Gasteiger partial charge is 0.428 e. The van der Waals surface area contributed by atoms with Crippen molar-refractivity contribution in [1.29, 1.82) is 0 Å². The Morgan fingerprint density at radius 3 is 2.68 bits per heavy atom. The van der Waals surface area contributed by atoms with E-state index in [-0.39, 0.29) is 28.1 Å². The van der Waals surface area contributed by atoms with Crippen LogP contribution in [0.3, 0.4) is 0 Å². The molecule has 1 aromatic carbocycles. The van der Waals surface area contributed by atoms with Crippen molar-refractivity contribution in [3.05, 3.63) is 54.5 Å². The van der Waals surface area contributed by atoms with Crippen LogP contribution >= 0.6 is 11.3 Å². The molecule has 1 N–H and O–H groups in total. The summed E-state index contributed by atoms with van der Waals surface area (Å²) in [6, 6.07) is 7.91. The molecular formula is C15H10N4O4S2. The number of para-hydroxylation sites is 1. The molecule has 2 aromatic heterocycles. The molecular weight excluding hydrogens is 364 g/mol. The molecule has 1 unspecified atom stereocenters. The molecule has 126 valence electrons. The van der Waals surface area contributed by atoms with Crippen LogP contribution in [-0.2, 0) is 15.6 Å². The third-order valence-electron chi connectivity index (χ3n) is 2.90. The van der Waals surface area contributed by atoms with E-state index in [1.165, 1.54) is 30.7 Å². The van der Waals surface area contributed by atoms with Crippen molar-refractivity contribution in [2.75, 3.05) is 5.32 Å². The number of carbonyl (C=O) groups is 2. The maximum absolute atomic E-state index is 12.3. The Hall–Kier alpha value is -2.98. The van der Waals surface area contributed by atoms with Crippen LogP contribution in [0.15, 0.2) is 58.3 Å². The fourth-order valence-corrected chi connectivity index (χ4v) is 3.80. The lowest BCUT2D eigenvalue weighted by atomic mass is 10.2. The Morgan fingerprint density at radius 1 is 1.16 bits per heavy atom. The van der Waals surface area contributed by atoms with Gasteiger partial charge in [0.25, 0.3) is 12.4 Å². The number of ether oxygens (including phenoxy) is 1. The average molecular weight is 374 g/mol. The Labute approximate surface area is 148 Å². The van der Waals surface area contributed by atoms with Crippen molar-refractivity contribution in [1.82, 2.24) is 15.0 Å². The first kappa shape index (κ1) is 16.9. The fraction of sp³-hybridized carbons (Fsp3) is 0. The SMILES string of the molecule is O=COc1ccccc1C(=O)Nc1ncc(S(=O)c2ncccn2)s1. The summed E-state index contributed by atoms with van der Waals surface area (Å²) >= 11 is 1.04. The van der Waals surface area contributed by atoms with Crippen LogP contribution in [0.1, 0.15) is 10.4 Å². The highest BCUT2D eigenvalue weighted by Crippen LogP contribution is 2.25. The van der Waals surface area contributed by atoms with Gasteiger partial charge >= 0.3 is 0 Å². The van der Waals surface area contributed by atoms with Crippen LogP contribution in [0.5, 0.6) is 5.75 Å². The third kappa shape index (κ3) is 3.92. The Bertz CT molecular complexity index is 930. The fourth-order valence-electron chi connectivity index (χ4n) is 1.85. The maximum atomic E-state index is 12.3. The zero-order chi connectivity index (χ0) is 17.6. The summed E-state index contributed by atoms with van der Waals surface area (Å²) in [5.41, 5.74) is 0.180. The van der Waals surface area contributed by atoms with E-state index in [2.05, 4.69) is 20.3 Å².